The number of fused-ring (bicyclic) bond motifs is 1. The number of aromatic amines is 1. The molecule has 2 aromatic rings. The van der Waals surface area contributed by atoms with Crippen molar-refractivity contribution in [3.63, 3.8) is 0 Å². The van der Waals surface area contributed by atoms with Gasteiger partial charge in [-0.25, -0.2) is 4.79 Å². The topological polar surface area (TPSA) is 73.3 Å². The summed E-state index contributed by atoms with van der Waals surface area (Å²) in [7, 11) is 0. The zero-order valence-corrected chi connectivity index (χ0v) is 12.6. The Morgan fingerprint density at radius 1 is 1.21 bits per heavy atom. The van der Waals surface area contributed by atoms with E-state index in [9.17, 15) is 22.8 Å². The summed E-state index contributed by atoms with van der Waals surface area (Å²) in [6, 6.07) is 4.63. The summed E-state index contributed by atoms with van der Waals surface area (Å²) in [6.07, 6.45) is -5.13. The molecule has 0 unspecified atom stereocenters. The zero-order valence-electron chi connectivity index (χ0n) is 12.6. The van der Waals surface area contributed by atoms with Crippen molar-refractivity contribution in [1.29, 1.82) is 0 Å². The van der Waals surface area contributed by atoms with E-state index >= 15 is 0 Å². The van der Waals surface area contributed by atoms with Gasteiger partial charge in [0.15, 0.2) is 11.5 Å². The van der Waals surface area contributed by atoms with Crippen LogP contribution >= 0.6 is 0 Å². The molecule has 6 nitrogen and oxygen atoms in total. The van der Waals surface area contributed by atoms with Gasteiger partial charge in [-0.2, -0.15) is 13.2 Å². The quantitative estimate of drug-likeness (QED) is 0.925. The van der Waals surface area contributed by atoms with E-state index in [1.807, 2.05) is 0 Å². The predicted octanol–water partition coefficient (Wildman–Crippen LogP) is 1.89. The van der Waals surface area contributed by atoms with E-state index in [2.05, 4.69) is 0 Å². The van der Waals surface area contributed by atoms with Crippen LogP contribution in [0.25, 0.3) is 0 Å². The van der Waals surface area contributed by atoms with E-state index in [4.69, 9.17) is 9.47 Å². The molecule has 24 heavy (non-hydrogen) atoms. The molecule has 0 fully saturated rings. The first-order valence-corrected chi connectivity index (χ1v) is 7.13. The summed E-state index contributed by atoms with van der Waals surface area (Å²) in [5, 5.41) is 0. The molecule has 0 aliphatic carbocycles. The van der Waals surface area contributed by atoms with Crippen LogP contribution in [-0.2, 0) is 19.1 Å². The van der Waals surface area contributed by atoms with Crippen LogP contribution in [0.1, 0.15) is 23.7 Å². The van der Waals surface area contributed by atoms with Crippen LogP contribution in [0.15, 0.2) is 27.8 Å². The molecule has 2 heterocycles. The minimum atomic E-state index is -4.84. The molecule has 0 atom stereocenters. The number of hydrogen-bond donors (Lipinski definition) is 1. The fraction of sp³-hybridized carbons (Fsp3) is 0.333. The Balaban J connectivity index is 2.12. The molecule has 1 N–H and O–H groups in total. The average Bonchev–Trinajstić information content (AvgIpc) is 2.97. The lowest BCUT2D eigenvalue weighted by molar-refractivity contribution is -0.142. The largest absolute Gasteiger partial charge is 0.454 e. The third kappa shape index (κ3) is 2.77. The summed E-state index contributed by atoms with van der Waals surface area (Å²) >= 11 is 0. The first-order chi connectivity index (χ1) is 11.3. The molecule has 0 spiro atoms. The minimum Gasteiger partial charge on any atom is -0.454 e. The van der Waals surface area contributed by atoms with Gasteiger partial charge in [-0.3, -0.25) is 9.36 Å². The second kappa shape index (κ2) is 5.73. The van der Waals surface area contributed by atoms with Crippen molar-refractivity contribution in [2.45, 2.75) is 26.1 Å². The number of H-pyrrole nitrogens is 1. The Morgan fingerprint density at radius 2 is 1.92 bits per heavy atom. The summed E-state index contributed by atoms with van der Waals surface area (Å²) in [6.45, 7) is 1.52. The van der Waals surface area contributed by atoms with E-state index in [-0.39, 0.29) is 19.8 Å². The summed E-state index contributed by atoms with van der Waals surface area (Å²) < 4.78 is 50.7. The molecule has 1 aliphatic heterocycles. The molecule has 0 amide bonds. The number of hydrogen-bond acceptors (Lipinski definition) is 4. The van der Waals surface area contributed by atoms with Gasteiger partial charge in [0.2, 0.25) is 6.79 Å². The van der Waals surface area contributed by atoms with Crippen molar-refractivity contribution in [1.82, 2.24) is 9.55 Å². The maximum absolute atomic E-state index is 13.2. The number of halogens is 3. The Bertz CT molecular complexity index is 899. The van der Waals surface area contributed by atoms with E-state index in [1.54, 1.807) is 17.1 Å². The summed E-state index contributed by atoms with van der Waals surface area (Å²) in [5.41, 5.74) is -3.42. The standard InChI is InChI=1S/C15H13F3N2O4/c1-2-20-13(21)9(12(15(16,17)18)19-14(20)22)5-8-3-4-10-11(6-8)24-7-23-10/h3-4,6H,2,5,7H2,1H3,(H,19,22). The van der Waals surface area contributed by atoms with Gasteiger partial charge in [0.1, 0.15) is 5.69 Å². The van der Waals surface area contributed by atoms with Gasteiger partial charge in [0.25, 0.3) is 5.56 Å². The number of nitrogens with one attached hydrogen (secondary N) is 1. The van der Waals surface area contributed by atoms with Crippen molar-refractivity contribution in [2.75, 3.05) is 6.79 Å². The molecule has 1 aromatic carbocycles. The van der Waals surface area contributed by atoms with Gasteiger partial charge < -0.3 is 14.5 Å². The Labute approximate surface area is 133 Å². The molecule has 1 aliphatic rings. The van der Waals surface area contributed by atoms with Crippen molar-refractivity contribution in [2.24, 2.45) is 0 Å². The number of benzene rings is 1. The van der Waals surface area contributed by atoms with Gasteiger partial charge >= 0.3 is 11.9 Å². The molecule has 0 radical (unpaired) electrons. The maximum Gasteiger partial charge on any atom is 0.431 e. The normalized spacial score (nSPS) is 13.3. The van der Waals surface area contributed by atoms with Crippen molar-refractivity contribution in [3.8, 4) is 11.5 Å². The van der Waals surface area contributed by atoms with Crippen LogP contribution in [0.4, 0.5) is 13.2 Å². The van der Waals surface area contributed by atoms with Crippen LogP contribution < -0.4 is 20.7 Å². The molecule has 0 saturated heterocycles. The average molecular weight is 342 g/mol. The highest BCUT2D eigenvalue weighted by atomic mass is 19.4. The van der Waals surface area contributed by atoms with E-state index in [0.717, 1.165) is 4.57 Å². The molecule has 1 aromatic heterocycles. The number of alkyl halides is 3. The number of nitrogens with zero attached hydrogens (tertiary/aromatic N) is 1. The van der Waals surface area contributed by atoms with Crippen LogP contribution in [0.3, 0.4) is 0 Å². The first-order valence-electron chi connectivity index (χ1n) is 7.13. The highest BCUT2D eigenvalue weighted by Gasteiger charge is 2.37. The third-order valence-corrected chi connectivity index (χ3v) is 3.70. The SMILES string of the molecule is CCn1c(=O)[nH]c(C(F)(F)F)c(Cc2ccc3c(c2)OCO3)c1=O. The summed E-state index contributed by atoms with van der Waals surface area (Å²) in [5.74, 6) is 0.892. The van der Waals surface area contributed by atoms with Crippen LogP contribution in [0.5, 0.6) is 11.5 Å². The highest BCUT2D eigenvalue weighted by Crippen LogP contribution is 2.34. The van der Waals surface area contributed by atoms with Crippen LogP contribution in [0, 0.1) is 0 Å². The minimum absolute atomic E-state index is 0.0273. The Morgan fingerprint density at radius 3 is 2.58 bits per heavy atom. The van der Waals surface area contributed by atoms with Crippen molar-refractivity contribution >= 4 is 0 Å². The number of rotatable bonds is 3. The third-order valence-electron chi connectivity index (χ3n) is 3.70. The van der Waals surface area contributed by atoms with Gasteiger partial charge in [-0.05, 0) is 24.6 Å². The second-order valence-corrected chi connectivity index (χ2v) is 5.20. The molecular weight excluding hydrogens is 329 g/mol. The molecule has 128 valence electrons. The fourth-order valence-electron chi connectivity index (χ4n) is 2.56. The lowest BCUT2D eigenvalue weighted by Crippen LogP contribution is -2.40. The highest BCUT2D eigenvalue weighted by molar-refractivity contribution is 5.45. The van der Waals surface area contributed by atoms with E-state index in [0.29, 0.717) is 17.1 Å². The number of ether oxygens (including phenoxy) is 2. The molecule has 9 heteroatoms. The van der Waals surface area contributed by atoms with Gasteiger partial charge in [-0.15, -0.1) is 0 Å². The lowest BCUT2D eigenvalue weighted by Gasteiger charge is -2.14. The predicted molar refractivity (Wildman–Crippen MR) is 77.4 cm³/mol. The van der Waals surface area contributed by atoms with Crippen LogP contribution in [0.2, 0.25) is 0 Å². The van der Waals surface area contributed by atoms with E-state index in [1.165, 1.54) is 13.0 Å². The van der Waals surface area contributed by atoms with Gasteiger partial charge in [0, 0.05) is 13.0 Å². The van der Waals surface area contributed by atoms with Gasteiger partial charge in [0.05, 0.1) is 5.56 Å². The van der Waals surface area contributed by atoms with E-state index < -0.39 is 28.7 Å². The maximum atomic E-state index is 13.2. The second-order valence-electron chi connectivity index (χ2n) is 5.20. The molecule has 0 saturated carbocycles. The fourth-order valence-corrected chi connectivity index (χ4v) is 2.56. The van der Waals surface area contributed by atoms with Gasteiger partial charge in [-0.1, -0.05) is 6.07 Å². The zero-order chi connectivity index (χ0) is 17.5. The smallest absolute Gasteiger partial charge is 0.431 e. The van der Waals surface area contributed by atoms with Crippen LogP contribution in [-0.4, -0.2) is 16.3 Å². The molecule has 3 rings (SSSR count). The Kier molecular flexibility index (Phi) is 3.86. The molecular formula is C15H13F3N2O4. The lowest BCUT2D eigenvalue weighted by atomic mass is 10.0. The van der Waals surface area contributed by atoms with Crippen molar-refractivity contribution < 1.29 is 22.6 Å². The Hall–Kier alpha value is -2.71. The summed E-state index contributed by atoms with van der Waals surface area (Å²) in [4.78, 5) is 25.8. The molecule has 0 bridgehead atoms. The first kappa shape index (κ1) is 16.2. The van der Waals surface area contributed by atoms with Crippen molar-refractivity contribution in [3.05, 3.63) is 55.9 Å². The monoisotopic (exact) mass is 342 g/mol. The number of aromatic nitrogens is 2.